The SMILES string of the molecule is Cn1ccc(CNc2ccc(O)cc2[N+](=O)[O-])c1. The first-order valence-corrected chi connectivity index (χ1v) is 5.38. The van der Waals surface area contributed by atoms with Crippen molar-refractivity contribution in [3.8, 4) is 5.75 Å². The number of phenolic OH excluding ortho intramolecular Hbond substituents is 1. The number of aryl methyl sites for hydroxylation is 1. The number of hydrogen-bond acceptors (Lipinski definition) is 4. The third-order valence-electron chi connectivity index (χ3n) is 2.55. The molecule has 18 heavy (non-hydrogen) atoms. The Morgan fingerprint density at radius 2 is 2.22 bits per heavy atom. The zero-order chi connectivity index (χ0) is 13.1. The van der Waals surface area contributed by atoms with Gasteiger partial charge in [-0.05, 0) is 23.8 Å². The van der Waals surface area contributed by atoms with Crippen LogP contribution in [0.2, 0.25) is 0 Å². The van der Waals surface area contributed by atoms with E-state index < -0.39 is 4.92 Å². The Hall–Kier alpha value is -2.50. The second-order valence-electron chi connectivity index (χ2n) is 4.00. The molecule has 94 valence electrons. The van der Waals surface area contributed by atoms with Crippen molar-refractivity contribution in [1.29, 1.82) is 0 Å². The average molecular weight is 247 g/mol. The zero-order valence-electron chi connectivity index (χ0n) is 9.83. The number of anilines is 1. The lowest BCUT2D eigenvalue weighted by Gasteiger charge is -2.06. The fourth-order valence-corrected chi connectivity index (χ4v) is 1.68. The van der Waals surface area contributed by atoms with Crippen LogP contribution in [0.25, 0.3) is 0 Å². The van der Waals surface area contributed by atoms with Crippen LogP contribution in [0, 0.1) is 10.1 Å². The number of nitrogens with zero attached hydrogens (tertiary/aromatic N) is 2. The van der Waals surface area contributed by atoms with Gasteiger partial charge in [0, 0.05) is 26.0 Å². The molecule has 0 aliphatic rings. The van der Waals surface area contributed by atoms with Gasteiger partial charge in [-0.2, -0.15) is 0 Å². The molecule has 0 saturated heterocycles. The van der Waals surface area contributed by atoms with Gasteiger partial charge >= 0.3 is 0 Å². The van der Waals surface area contributed by atoms with Crippen LogP contribution in [-0.2, 0) is 13.6 Å². The summed E-state index contributed by atoms with van der Waals surface area (Å²) in [7, 11) is 1.91. The van der Waals surface area contributed by atoms with Gasteiger partial charge in [0.15, 0.2) is 0 Å². The Morgan fingerprint density at radius 1 is 1.44 bits per heavy atom. The molecule has 0 radical (unpaired) electrons. The smallest absolute Gasteiger partial charge is 0.296 e. The van der Waals surface area contributed by atoms with E-state index in [1.807, 2.05) is 30.1 Å². The molecule has 0 saturated carbocycles. The minimum atomic E-state index is -0.521. The molecule has 0 bridgehead atoms. The van der Waals surface area contributed by atoms with Crippen molar-refractivity contribution in [2.45, 2.75) is 6.54 Å². The molecular formula is C12H13N3O3. The highest BCUT2D eigenvalue weighted by Crippen LogP contribution is 2.28. The van der Waals surface area contributed by atoms with Crippen LogP contribution in [0.15, 0.2) is 36.7 Å². The van der Waals surface area contributed by atoms with E-state index in [0.717, 1.165) is 11.6 Å². The maximum atomic E-state index is 10.8. The molecule has 0 aliphatic heterocycles. The number of phenols is 1. The van der Waals surface area contributed by atoms with Gasteiger partial charge in [0.05, 0.1) is 11.0 Å². The van der Waals surface area contributed by atoms with E-state index in [9.17, 15) is 15.2 Å². The maximum Gasteiger partial charge on any atom is 0.296 e. The van der Waals surface area contributed by atoms with Gasteiger partial charge in [-0.1, -0.05) is 0 Å². The number of nitro groups is 1. The minimum absolute atomic E-state index is 0.119. The van der Waals surface area contributed by atoms with Crippen LogP contribution in [0.3, 0.4) is 0 Å². The Labute approximate surface area is 104 Å². The van der Waals surface area contributed by atoms with E-state index in [2.05, 4.69) is 5.32 Å². The summed E-state index contributed by atoms with van der Waals surface area (Å²) in [4.78, 5) is 10.3. The van der Waals surface area contributed by atoms with E-state index in [1.165, 1.54) is 12.1 Å². The largest absolute Gasteiger partial charge is 0.508 e. The molecule has 6 nitrogen and oxygen atoms in total. The molecular weight excluding hydrogens is 234 g/mol. The average Bonchev–Trinajstić information content (AvgIpc) is 2.73. The third-order valence-corrected chi connectivity index (χ3v) is 2.55. The molecule has 1 aromatic carbocycles. The Kier molecular flexibility index (Phi) is 3.18. The molecule has 0 unspecified atom stereocenters. The topological polar surface area (TPSA) is 80.3 Å². The predicted molar refractivity (Wildman–Crippen MR) is 67.5 cm³/mol. The first-order valence-electron chi connectivity index (χ1n) is 5.38. The van der Waals surface area contributed by atoms with Crippen LogP contribution in [-0.4, -0.2) is 14.6 Å². The third kappa shape index (κ3) is 2.60. The van der Waals surface area contributed by atoms with Gasteiger partial charge in [-0.3, -0.25) is 10.1 Å². The lowest BCUT2D eigenvalue weighted by molar-refractivity contribution is -0.384. The monoisotopic (exact) mass is 247 g/mol. The van der Waals surface area contributed by atoms with Crippen molar-refractivity contribution >= 4 is 11.4 Å². The van der Waals surface area contributed by atoms with Gasteiger partial charge in [0.1, 0.15) is 11.4 Å². The van der Waals surface area contributed by atoms with E-state index in [1.54, 1.807) is 0 Å². The Morgan fingerprint density at radius 3 is 2.83 bits per heavy atom. The normalized spacial score (nSPS) is 10.3. The molecule has 0 aliphatic carbocycles. The molecule has 2 rings (SSSR count). The maximum absolute atomic E-state index is 10.8. The lowest BCUT2D eigenvalue weighted by atomic mass is 10.2. The van der Waals surface area contributed by atoms with E-state index in [0.29, 0.717) is 12.2 Å². The standard InChI is InChI=1S/C12H13N3O3/c1-14-5-4-9(8-14)7-13-11-3-2-10(16)6-12(11)15(17)18/h2-6,8,13,16H,7H2,1H3. The van der Waals surface area contributed by atoms with Crippen LogP contribution in [0.5, 0.6) is 5.75 Å². The number of benzene rings is 1. The van der Waals surface area contributed by atoms with Crippen molar-refractivity contribution in [1.82, 2.24) is 4.57 Å². The molecule has 0 atom stereocenters. The number of aromatic hydroxyl groups is 1. The summed E-state index contributed by atoms with van der Waals surface area (Å²) in [5, 5.41) is 23.1. The van der Waals surface area contributed by atoms with Crippen LogP contribution in [0.4, 0.5) is 11.4 Å². The van der Waals surface area contributed by atoms with E-state index in [-0.39, 0.29) is 11.4 Å². The lowest BCUT2D eigenvalue weighted by Crippen LogP contribution is -2.01. The van der Waals surface area contributed by atoms with Gasteiger partial charge in [-0.25, -0.2) is 0 Å². The molecule has 6 heteroatoms. The quantitative estimate of drug-likeness (QED) is 0.493. The predicted octanol–water partition coefficient (Wildman–Crippen LogP) is 2.25. The number of hydrogen-bond donors (Lipinski definition) is 2. The van der Waals surface area contributed by atoms with Gasteiger partial charge < -0.3 is 15.0 Å². The number of aromatic nitrogens is 1. The van der Waals surface area contributed by atoms with Crippen LogP contribution >= 0.6 is 0 Å². The number of nitro benzene ring substituents is 1. The molecule has 2 aromatic rings. The zero-order valence-corrected chi connectivity index (χ0v) is 9.83. The summed E-state index contributed by atoms with van der Waals surface area (Å²) in [5.74, 6) is -0.119. The molecule has 0 fully saturated rings. The number of nitrogens with one attached hydrogen (secondary N) is 1. The van der Waals surface area contributed by atoms with Crippen LogP contribution in [0.1, 0.15) is 5.56 Å². The number of rotatable bonds is 4. The molecule has 0 amide bonds. The first kappa shape index (κ1) is 12.0. The first-order chi connectivity index (χ1) is 8.56. The van der Waals surface area contributed by atoms with E-state index in [4.69, 9.17) is 0 Å². The van der Waals surface area contributed by atoms with E-state index >= 15 is 0 Å². The highest BCUT2D eigenvalue weighted by atomic mass is 16.6. The van der Waals surface area contributed by atoms with Crippen LogP contribution < -0.4 is 5.32 Å². The second kappa shape index (κ2) is 4.79. The second-order valence-corrected chi connectivity index (χ2v) is 4.00. The van der Waals surface area contributed by atoms with Crippen molar-refractivity contribution in [3.05, 3.63) is 52.3 Å². The van der Waals surface area contributed by atoms with Gasteiger partial charge in [0.25, 0.3) is 5.69 Å². The van der Waals surface area contributed by atoms with Crippen molar-refractivity contribution in [2.75, 3.05) is 5.32 Å². The van der Waals surface area contributed by atoms with Crippen molar-refractivity contribution < 1.29 is 10.0 Å². The fraction of sp³-hybridized carbons (Fsp3) is 0.167. The summed E-state index contributed by atoms with van der Waals surface area (Å²) in [5.41, 5.74) is 1.28. The summed E-state index contributed by atoms with van der Waals surface area (Å²) >= 11 is 0. The molecule has 0 spiro atoms. The highest BCUT2D eigenvalue weighted by Gasteiger charge is 2.14. The Balaban J connectivity index is 2.16. The van der Waals surface area contributed by atoms with Crippen molar-refractivity contribution in [2.24, 2.45) is 7.05 Å². The molecule has 1 heterocycles. The fourth-order valence-electron chi connectivity index (χ4n) is 1.68. The highest BCUT2D eigenvalue weighted by molar-refractivity contribution is 5.63. The van der Waals surface area contributed by atoms with Gasteiger partial charge in [0.2, 0.25) is 0 Å². The summed E-state index contributed by atoms with van der Waals surface area (Å²) in [6.07, 6.45) is 3.83. The minimum Gasteiger partial charge on any atom is -0.508 e. The summed E-state index contributed by atoms with van der Waals surface area (Å²) in [6, 6.07) is 5.98. The van der Waals surface area contributed by atoms with Crippen molar-refractivity contribution in [3.63, 3.8) is 0 Å². The molecule has 2 N–H and O–H groups in total. The summed E-state index contributed by atoms with van der Waals surface area (Å²) in [6.45, 7) is 0.493. The van der Waals surface area contributed by atoms with Gasteiger partial charge in [-0.15, -0.1) is 0 Å². The molecule has 1 aromatic heterocycles. The summed E-state index contributed by atoms with van der Waals surface area (Å²) < 4.78 is 1.91. The Bertz CT molecular complexity index is 578.